The Labute approximate surface area is 83.8 Å². The molecule has 0 amide bonds. The number of aryl methyl sites for hydroxylation is 1. The lowest BCUT2D eigenvalue weighted by Gasteiger charge is -2.03. The number of aliphatic imine (C=N–C) groups is 1. The van der Waals surface area contributed by atoms with E-state index < -0.39 is 0 Å². The van der Waals surface area contributed by atoms with Gasteiger partial charge in [-0.15, -0.1) is 0 Å². The summed E-state index contributed by atoms with van der Waals surface area (Å²) in [6.45, 7) is 3.15. The third kappa shape index (κ3) is 2.81. The van der Waals surface area contributed by atoms with Gasteiger partial charge in [-0.2, -0.15) is 0 Å². The Morgan fingerprint density at radius 2 is 2.43 bits per heavy atom. The molecule has 0 aromatic carbocycles. The molecule has 1 aromatic heterocycles. The molecular weight excluding hydrogens is 178 g/mol. The lowest BCUT2D eigenvalue weighted by Crippen LogP contribution is -2.16. The Morgan fingerprint density at radius 3 is 3.07 bits per heavy atom. The van der Waals surface area contributed by atoms with Crippen LogP contribution in [-0.4, -0.2) is 31.1 Å². The molecule has 0 aliphatic heterocycles. The zero-order valence-electron chi connectivity index (χ0n) is 8.53. The highest BCUT2D eigenvalue weighted by atomic mass is 16.5. The molecule has 0 radical (unpaired) electrons. The fourth-order valence-electron chi connectivity index (χ4n) is 1.07. The van der Waals surface area contributed by atoms with Crippen LogP contribution in [0.2, 0.25) is 0 Å². The van der Waals surface area contributed by atoms with Gasteiger partial charge in [0.2, 0.25) is 0 Å². The molecule has 76 valence electrons. The first-order chi connectivity index (χ1) is 6.75. The molecule has 0 bridgehead atoms. The SMILES string of the molecule is COCCN=C(N)c1cnccc1C. The zero-order valence-corrected chi connectivity index (χ0v) is 8.53. The molecule has 0 aliphatic rings. The fourth-order valence-corrected chi connectivity index (χ4v) is 1.07. The standard InChI is InChI=1S/C10H15N3O/c1-8-3-4-12-7-9(8)10(11)13-5-6-14-2/h3-4,7H,5-6H2,1-2H3,(H2,11,13). The molecule has 14 heavy (non-hydrogen) atoms. The van der Waals surface area contributed by atoms with Gasteiger partial charge in [0.15, 0.2) is 0 Å². The first kappa shape index (κ1) is 10.7. The number of nitrogens with two attached hydrogens (primary N) is 1. The van der Waals surface area contributed by atoms with E-state index in [0.717, 1.165) is 11.1 Å². The van der Waals surface area contributed by atoms with Gasteiger partial charge in [-0.1, -0.05) is 0 Å². The lowest BCUT2D eigenvalue weighted by atomic mass is 10.1. The molecule has 0 unspecified atom stereocenters. The maximum Gasteiger partial charge on any atom is 0.127 e. The smallest absolute Gasteiger partial charge is 0.127 e. The summed E-state index contributed by atoms with van der Waals surface area (Å²) in [5, 5.41) is 0. The van der Waals surface area contributed by atoms with Crippen molar-refractivity contribution in [3.8, 4) is 0 Å². The first-order valence-corrected chi connectivity index (χ1v) is 4.45. The van der Waals surface area contributed by atoms with Crippen molar-refractivity contribution in [2.24, 2.45) is 10.7 Å². The van der Waals surface area contributed by atoms with Crippen molar-refractivity contribution < 1.29 is 4.74 Å². The number of pyridine rings is 1. The summed E-state index contributed by atoms with van der Waals surface area (Å²) in [7, 11) is 1.64. The number of methoxy groups -OCH3 is 1. The quantitative estimate of drug-likeness (QED) is 0.436. The van der Waals surface area contributed by atoms with Crippen LogP contribution in [0.5, 0.6) is 0 Å². The molecule has 0 saturated carbocycles. The van der Waals surface area contributed by atoms with Gasteiger partial charge in [0, 0.05) is 25.1 Å². The van der Waals surface area contributed by atoms with Crippen LogP contribution < -0.4 is 5.73 Å². The van der Waals surface area contributed by atoms with Crippen molar-refractivity contribution in [2.75, 3.05) is 20.3 Å². The lowest BCUT2D eigenvalue weighted by molar-refractivity contribution is 0.208. The maximum absolute atomic E-state index is 5.79. The molecule has 1 rings (SSSR count). The van der Waals surface area contributed by atoms with Gasteiger partial charge in [-0.3, -0.25) is 9.98 Å². The second kappa shape index (κ2) is 5.34. The highest BCUT2D eigenvalue weighted by Gasteiger charge is 2.01. The Bertz CT molecular complexity index is 323. The van der Waals surface area contributed by atoms with Crippen LogP contribution >= 0.6 is 0 Å². The molecule has 0 atom stereocenters. The summed E-state index contributed by atoms with van der Waals surface area (Å²) in [6.07, 6.45) is 3.46. The molecule has 4 heteroatoms. The van der Waals surface area contributed by atoms with Crippen molar-refractivity contribution in [1.29, 1.82) is 0 Å². The molecule has 1 heterocycles. The summed E-state index contributed by atoms with van der Waals surface area (Å²) in [5.74, 6) is 0.521. The van der Waals surface area contributed by atoms with Gasteiger partial charge in [0.05, 0.1) is 13.2 Å². The summed E-state index contributed by atoms with van der Waals surface area (Å²) in [4.78, 5) is 8.18. The van der Waals surface area contributed by atoms with Gasteiger partial charge < -0.3 is 10.5 Å². The maximum atomic E-state index is 5.79. The van der Waals surface area contributed by atoms with E-state index in [-0.39, 0.29) is 0 Å². The number of nitrogens with zero attached hydrogens (tertiary/aromatic N) is 2. The Balaban J connectivity index is 2.73. The minimum absolute atomic E-state index is 0.521. The number of rotatable bonds is 4. The number of hydrogen-bond acceptors (Lipinski definition) is 3. The van der Waals surface area contributed by atoms with E-state index in [0.29, 0.717) is 19.0 Å². The number of hydrogen-bond donors (Lipinski definition) is 1. The van der Waals surface area contributed by atoms with Gasteiger partial charge in [-0.25, -0.2) is 0 Å². The van der Waals surface area contributed by atoms with Crippen molar-refractivity contribution >= 4 is 5.84 Å². The van der Waals surface area contributed by atoms with E-state index >= 15 is 0 Å². The van der Waals surface area contributed by atoms with Crippen molar-refractivity contribution in [3.63, 3.8) is 0 Å². The summed E-state index contributed by atoms with van der Waals surface area (Å²) in [5.41, 5.74) is 7.77. The second-order valence-electron chi connectivity index (χ2n) is 2.95. The second-order valence-corrected chi connectivity index (χ2v) is 2.95. The summed E-state index contributed by atoms with van der Waals surface area (Å²) in [6, 6.07) is 1.91. The molecular formula is C10H15N3O. The van der Waals surface area contributed by atoms with Crippen molar-refractivity contribution in [2.45, 2.75) is 6.92 Å². The normalized spacial score (nSPS) is 11.7. The first-order valence-electron chi connectivity index (χ1n) is 4.45. The van der Waals surface area contributed by atoms with E-state index in [1.807, 2.05) is 13.0 Å². The van der Waals surface area contributed by atoms with E-state index in [2.05, 4.69) is 9.98 Å². The van der Waals surface area contributed by atoms with Crippen molar-refractivity contribution in [1.82, 2.24) is 4.98 Å². The summed E-state index contributed by atoms with van der Waals surface area (Å²) >= 11 is 0. The summed E-state index contributed by atoms with van der Waals surface area (Å²) < 4.78 is 4.88. The topological polar surface area (TPSA) is 60.5 Å². The Hall–Kier alpha value is -1.42. The minimum Gasteiger partial charge on any atom is -0.383 e. The predicted molar refractivity (Wildman–Crippen MR) is 56.4 cm³/mol. The minimum atomic E-state index is 0.521. The van der Waals surface area contributed by atoms with Gasteiger partial charge in [0.25, 0.3) is 0 Å². The number of ether oxygens (including phenoxy) is 1. The fraction of sp³-hybridized carbons (Fsp3) is 0.400. The largest absolute Gasteiger partial charge is 0.383 e. The molecule has 4 nitrogen and oxygen atoms in total. The Kier molecular flexibility index (Phi) is 4.07. The van der Waals surface area contributed by atoms with Crippen LogP contribution in [-0.2, 0) is 4.74 Å². The third-order valence-corrected chi connectivity index (χ3v) is 1.89. The highest BCUT2D eigenvalue weighted by molar-refractivity contribution is 5.98. The van der Waals surface area contributed by atoms with E-state index in [4.69, 9.17) is 10.5 Å². The monoisotopic (exact) mass is 193 g/mol. The average Bonchev–Trinajstić information content (AvgIpc) is 2.18. The van der Waals surface area contributed by atoms with Crippen LogP contribution in [0, 0.1) is 6.92 Å². The molecule has 0 spiro atoms. The van der Waals surface area contributed by atoms with Gasteiger partial charge >= 0.3 is 0 Å². The van der Waals surface area contributed by atoms with Crippen LogP contribution in [0.1, 0.15) is 11.1 Å². The Morgan fingerprint density at radius 1 is 1.64 bits per heavy atom. The van der Waals surface area contributed by atoms with Gasteiger partial charge in [-0.05, 0) is 18.6 Å². The van der Waals surface area contributed by atoms with Crippen LogP contribution in [0.3, 0.4) is 0 Å². The third-order valence-electron chi connectivity index (χ3n) is 1.89. The van der Waals surface area contributed by atoms with Crippen LogP contribution in [0.15, 0.2) is 23.5 Å². The average molecular weight is 193 g/mol. The molecule has 0 aliphatic carbocycles. The molecule has 0 fully saturated rings. The zero-order chi connectivity index (χ0) is 10.4. The molecule has 0 saturated heterocycles. The van der Waals surface area contributed by atoms with E-state index in [1.165, 1.54) is 0 Å². The molecule has 2 N–H and O–H groups in total. The van der Waals surface area contributed by atoms with Gasteiger partial charge in [0.1, 0.15) is 5.84 Å². The highest BCUT2D eigenvalue weighted by Crippen LogP contribution is 2.03. The van der Waals surface area contributed by atoms with E-state index in [1.54, 1.807) is 19.5 Å². The predicted octanol–water partition coefficient (Wildman–Crippen LogP) is 0.742. The molecule has 1 aromatic rings. The number of amidine groups is 1. The van der Waals surface area contributed by atoms with Crippen LogP contribution in [0.25, 0.3) is 0 Å². The van der Waals surface area contributed by atoms with Crippen LogP contribution in [0.4, 0.5) is 0 Å². The van der Waals surface area contributed by atoms with E-state index in [9.17, 15) is 0 Å². The van der Waals surface area contributed by atoms with Crippen molar-refractivity contribution in [3.05, 3.63) is 29.6 Å². The number of aromatic nitrogens is 1.